The molecule has 1 amide bonds. The molecule has 0 saturated carbocycles. The Labute approximate surface area is 177 Å². The van der Waals surface area contributed by atoms with Gasteiger partial charge in [-0.15, -0.1) is 0 Å². The number of carbonyl (C=O) groups is 1. The standard InChI is InChI=1S/C23H24N2O4S/c1-17-8-10-20(11-9-17)25-30(27,28)21-12-13-22(18(2)14-21)29-16-23(26)24-15-19-6-4-3-5-7-19/h3-14,25H,15-16H2,1-2H3,(H,24,26). The molecule has 0 unspecified atom stereocenters. The minimum atomic E-state index is -3.72. The first-order valence-electron chi connectivity index (χ1n) is 9.47. The number of anilines is 1. The molecule has 7 heteroatoms. The smallest absolute Gasteiger partial charge is 0.261 e. The first-order valence-corrected chi connectivity index (χ1v) is 11.0. The Morgan fingerprint density at radius 2 is 1.63 bits per heavy atom. The minimum Gasteiger partial charge on any atom is -0.484 e. The van der Waals surface area contributed by atoms with Crippen LogP contribution in [0.5, 0.6) is 5.75 Å². The summed E-state index contributed by atoms with van der Waals surface area (Å²) in [6.07, 6.45) is 0. The van der Waals surface area contributed by atoms with Crippen LogP contribution < -0.4 is 14.8 Å². The SMILES string of the molecule is Cc1ccc(NS(=O)(=O)c2ccc(OCC(=O)NCc3ccccc3)c(C)c2)cc1. The van der Waals surface area contributed by atoms with Crippen molar-refractivity contribution in [3.8, 4) is 5.75 Å². The molecule has 0 spiro atoms. The summed E-state index contributed by atoms with van der Waals surface area (Å²) in [7, 11) is -3.72. The van der Waals surface area contributed by atoms with E-state index >= 15 is 0 Å². The maximum atomic E-state index is 12.6. The zero-order valence-corrected chi connectivity index (χ0v) is 17.7. The number of amides is 1. The van der Waals surface area contributed by atoms with E-state index in [1.54, 1.807) is 25.1 Å². The van der Waals surface area contributed by atoms with Gasteiger partial charge in [0, 0.05) is 12.2 Å². The quantitative estimate of drug-likeness (QED) is 0.576. The number of rotatable bonds is 8. The Bertz CT molecular complexity index is 1110. The van der Waals surface area contributed by atoms with Crippen molar-refractivity contribution >= 4 is 21.6 Å². The lowest BCUT2D eigenvalue weighted by molar-refractivity contribution is -0.123. The van der Waals surface area contributed by atoms with Crippen LogP contribution in [0.4, 0.5) is 5.69 Å². The van der Waals surface area contributed by atoms with Gasteiger partial charge in [0.15, 0.2) is 6.61 Å². The average Bonchev–Trinajstić information content (AvgIpc) is 2.73. The normalized spacial score (nSPS) is 11.0. The number of sulfonamides is 1. The Morgan fingerprint density at radius 3 is 2.30 bits per heavy atom. The first kappa shape index (κ1) is 21.4. The van der Waals surface area contributed by atoms with E-state index < -0.39 is 10.0 Å². The number of aryl methyl sites for hydroxylation is 2. The van der Waals surface area contributed by atoms with Crippen LogP contribution in [0.15, 0.2) is 77.7 Å². The summed E-state index contributed by atoms with van der Waals surface area (Å²) in [6.45, 7) is 3.94. The largest absolute Gasteiger partial charge is 0.484 e. The molecule has 3 aromatic carbocycles. The lowest BCUT2D eigenvalue weighted by Crippen LogP contribution is -2.28. The molecule has 30 heavy (non-hydrogen) atoms. The van der Waals surface area contributed by atoms with Gasteiger partial charge in [-0.25, -0.2) is 8.42 Å². The highest BCUT2D eigenvalue weighted by atomic mass is 32.2. The molecule has 2 N–H and O–H groups in total. The van der Waals surface area contributed by atoms with Gasteiger partial charge in [-0.05, 0) is 55.3 Å². The van der Waals surface area contributed by atoms with E-state index in [0.29, 0.717) is 23.5 Å². The van der Waals surface area contributed by atoms with Gasteiger partial charge in [-0.3, -0.25) is 9.52 Å². The second-order valence-electron chi connectivity index (χ2n) is 6.95. The van der Waals surface area contributed by atoms with Crippen LogP contribution in [0.25, 0.3) is 0 Å². The predicted octanol–water partition coefficient (Wildman–Crippen LogP) is 3.80. The van der Waals surface area contributed by atoms with Crippen LogP contribution in [0.2, 0.25) is 0 Å². The van der Waals surface area contributed by atoms with Gasteiger partial charge in [0.2, 0.25) is 0 Å². The van der Waals surface area contributed by atoms with Crippen molar-refractivity contribution in [2.45, 2.75) is 25.3 Å². The summed E-state index contributed by atoms with van der Waals surface area (Å²) in [5.41, 5.74) is 3.16. The molecule has 0 aromatic heterocycles. The average molecular weight is 425 g/mol. The molecule has 0 heterocycles. The van der Waals surface area contributed by atoms with Crippen LogP contribution in [-0.4, -0.2) is 20.9 Å². The molecule has 0 aliphatic rings. The Hall–Kier alpha value is -3.32. The first-order chi connectivity index (χ1) is 14.3. The van der Waals surface area contributed by atoms with Crippen molar-refractivity contribution in [2.24, 2.45) is 0 Å². The van der Waals surface area contributed by atoms with Crippen LogP contribution in [-0.2, 0) is 21.4 Å². The van der Waals surface area contributed by atoms with Gasteiger partial charge in [0.25, 0.3) is 15.9 Å². The van der Waals surface area contributed by atoms with Gasteiger partial charge in [-0.2, -0.15) is 0 Å². The van der Waals surface area contributed by atoms with Gasteiger partial charge in [-0.1, -0.05) is 48.0 Å². The lowest BCUT2D eigenvalue weighted by atomic mass is 10.2. The van der Waals surface area contributed by atoms with Crippen molar-refractivity contribution in [2.75, 3.05) is 11.3 Å². The minimum absolute atomic E-state index is 0.126. The molecule has 0 aliphatic carbocycles. The number of carbonyl (C=O) groups excluding carboxylic acids is 1. The Balaban J connectivity index is 1.59. The van der Waals surface area contributed by atoms with E-state index in [0.717, 1.165) is 11.1 Å². The van der Waals surface area contributed by atoms with E-state index in [1.165, 1.54) is 12.1 Å². The third-order valence-electron chi connectivity index (χ3n) is 4.45. The van der Waals surface area contributed by atoms with Crippen LogP contribution in [0.1, 0.15) is 16.7 Å². The highest BCUT2D eigenvalue weighted by molar-refractivity contribution is 7.92. The fourth-order valence-corrected chi connectivity index (χ4v) is 3.92. The molecule has 0 atom stereocenters. The van der Waals surface area contributed by atoms with E-state index in [4.69, 9.17) is 4.74 Å². The molecule has 0 saturated heterocycles. The molecule has 0 aliphatic heterocycles. The number of hydrogen-bond donors (Lipinski definition) is 2. The van der Waals surface area contributed by atoms with Crippen molar-refractivity contribution in [3.05, 3.63) is 89.5 Å². The van der Waals surface area contributed by atoms with Crippen LogP contribution in [0, 0.1) is 13.8 Å². The fourth-order valence-electron chi connectivity index (χ4n) is 2.78. The van der Waals surface area contributed by atoms with Crippen molar-refractivity contribution in [1.82, 2.24) is 5.32 Å². The van der Waals surface area contributed by atoms with Gasteiger partial charge in [0.1, 0.15) is 5.75 Å². The highest BCUT2D eigenvalue weighted by Crippen LogP contribution is 2.23. The molecule has 3 rings (SSSR count). The molecule has 156 valence electrons. The highest BCUT2D eigenvalue weighted by Gasteiger charge is 2.16. The summed E-state index contributed by atoms with van der Waals surface area (Å²) in [5, 5.41) is 2.79. The maximum Gasteiger partial charge on any atom is 0.261 e. The zero-order valence-electron chi connectivity index (χ0n) is 16.9. The van der Waals surface area contributed by atoms with Crippen LogP contribution in [0.3, 0.4) is 0 Å². The van der Waals surface area contributed by atoms with Crippen molar-refractivity contribution < 1.29 is 17.9 Å². The van der Waals surface area contributed by atoms with E-state index in [9.17, 15) is 13.2 Å². The fraction of sp³-hybridized carbons (Fsp3) is 0.174. The maximum absolute atomic E-state index is 12.6. The number of nitrogens with one attached hydrogen (secondary N) is 2. The summed E-state index contributed by atoms with van der Waals surface area (Å²) in [5.74, 6) is 0.204. The lowest BCUT2D eigenvalue weighted by Gasteiger charge is -2.12. The Morgan fingerprint density at radius 1 is 0.933 bits per heavy atom. The van der Waals surface area contributed by atoms with Gasteiger partial charge >= 0.3 is 0 Å². The number of benzene rings is 3. The van der Waals surface area contributed by atoms with E-state index in [2.05, 4.69) is 10.0 Å². The Kier molecular flexibility index (Phi) is 6.74. The molecule has 6 nitrogen and oxygen atoms in total. The van der Waals surface area contributed by atoms with E-state index in [-0.39, 0.29) is 17.4 Å². The molecule has 3 aromatic rings. The summed E-state index contributed by atoms with van der Waals surface area (Å²) in [6, 6.07) is 21.2. The molecule has 0 bridgehead atoms. The van der Waals surface area contributed by atoms with Gasteiger partial charge in [0.05, 0.1) is 4.90 Å². The van der Waals surface area contributed by atoms with E-state index in [1.807, 2.05) is 49.4 Å². The topological polar surface area (TPSA) is 84.5 Å². The third-order valence-corrected chi connectivity index (χ3v) is 5.83. The molecule has 0 radical (unpaired) electrons. The van der Waals surface area contributed by atoms with Crippen molar-refractivity contribution in [1.29, 1.82) is 0 Å². The predicted molar refractivity (Wildman–Crippen MR) is 117 cm³/mol. The molecular formula is C23H24N2O4S. The molecular weight excluding hydrogens is 400 g/mol. The molecule has 0 fully saturated rings. The monoisotopic (exact) mass is 424 g/mol. The van der Waals surface area contributed by atoms with Crippen LogP contribution >= 0.6 is 0 Å². The van der Waals surface area contributed by atoms with Gasteiger partial charge < -0.3 is 10.1 Å². The zero-order chi connectivity index (χ0) is 21.6. The number of hydrogen-bond acceptors (Lipinski definition) is 4. The summed E-state index contributed by atoms with van der Waals surface area (Å²) < 4.78 is 33.4. The second kappa shape index (κ2) is 9.45. The second-order valence-corrected chi connectivity index (χ2v) is 8.63. The third kappa shape index (κ3) is 5.84. The number of ether oxygens (including phenoxy) is 1. The van der Waals surface area contributed by atoms with Crippen molar-refractivity contribution in [3.63, 3.8) is 0 Å². The summed E-state index contributed by atoms with van der Waals surface area (Å²) >= 11 is 0. The summed E-state index contributed by atoms with van der Waals surface area (Å²) in [4.78, 5) is 12.1.